The summed E-state index contributed by atoms with van der Waals surface area (Å²) in [6.07, 6.45) is 5.58. The minimum absolute atomic E-state index is 0.103. The molecule has 0 unspecified atom stereocenters. The molecular weight excluding hydrogens is 198 g/mol. The second-order valence-electron chi connectivity index (χ2n) is 3.54. The van der Waals surface area contributed by atoms with Crippen LogP contribution in [-0.2, 0) is 11.8 Å². The summed E-state index contributed by atoms with van der Waals surface area (Å²) in [5.74, 6) is 0.365. The van der Waals surface area contributed by atoms with Crippen molar-refractivity contribution >= 4 is 17.5 Å². The molecule has 5 heteroatoms. The molecule has 76 valence electrons. The molecular formula is C9H13N3OS. The number of Topliss-reactive ketones (excluding diaryl/α,β-unsaturated/α-hetero) is 1. The van der Waals surface area contributed by atoms with Gasteiger partial charge in [-0.3, -0.25) is 4.79 Å². The summed E-state index contributed by atoms with van der Waals surface area (Å²) >= 11 is 1.55. The molecule has 0 amide bonds. The molecule has 0 saturated heterocycles. The van der Waals surface area contributed by atoms with Crippen LogP contribution in [0.1, 0.15) is 25.7 Å². The second kappa shape index (κ2) is 4.13. The molecule has 0 aromatic carbocycles. The Kier molecular flexibility index (Phi) is 2.86. The van der Waals surface area contributed by atoms with Gasteiger partial charge in [-0.15, -0.1) is 10.2 Å². The van der Waals surface area contributed by atoms with Crippen LogP contribution in [0.4, 0.5) is 0 Å². The highest BCUT2D eigenvalue weighted by molar-refractivity contribution is 8.00. The molecule has 0 radical (unpaired) electrons. The Labute approximate surface area is 87.1 Å². The minimum atomic E-state index is 0.103. The van der Waals surface area contributed by atoms with E-state index in [2.05, 4.69) is 10.2 Å². The average molecular weight is 211 g/mol. The predicted molar refractivity (Wildman–Crippen MR) is 54.1 cm³/mol. The van der Waals surface area contributed by atoms with Gasteiger partial charge in [0, 0.05) is 13.5 Å². The summed E-state index contributed by atoms with van der Waals surface area (Å²) < 4.78 is 1.85. The molecule has 0 spiro atoms. The number of rotatable bonds is 2. The molecule has 1 fully saturated rings. The molecule has 1 aromatic rings. The third kappa shape index (κ3) is 1.97. The molecule has 2 rings (SSSR count). The number of ketones is 1. The van der Waals surface area contributed by atoms with Crippen molar-refractivity contribution in [2.45, 2.75) is 36.1 Å². The monoisotopic (exact) mass is 211 g/mol. The Bertz CT molecular complexity index is 337. The van der Waals surface area contributed by atoms with E-state index in [9.17, 15) is 4.79 Å². The number of nitrogens with zero attached hydrogens (tertiary/aromatic N) is 3. The van der Waals surface area contributed by atoms with E-state index in [1.807, 2.05) is 11.6 Å². The summed E-state index contributed by atoms with van der Waals surface area (Å²) in [5.41, 5.74) is 0. The van der Waals surface area contributed by atoms with E-state index < -0.39 is 0 Å². The fourth-order valence-corrected chi connectivity index (χ4v) is 2.68. The van der Waals surface area contributed by atoms with Crippen molar-refractivity contribution in [1.82, 2.24) is 14.8 Å². The third-order valence-electron chi connectivity index (χ3n) is 2.42. The van der Waals surface area contributed by atoms with Crippen LogP contribution in [0.5, 0.6) is 0 Å². The molecule has 1 atom stereocenters. The first-order chi connectivity index (χ1) is 6.77. The Morgan fingerprint density at radius 3 is 3.07 bits per heavy atom. The van der Waals surface area contributed by atoms with Crippen molar-refractivity contribution in [3.05, 3.63) is 6.33 Å². The summed E-state index contributed by atoms with van der Waals surface area (Å²) in [6.45, 7) is 0. The molecule has 0 aliphatic heterocycles. The number of hydrogen-bond acceptors (Lipinski definition) is 4. The summed E-state index contributed by atoms with van der Waals surface area (Å²) in [6, 6.07) is 0. The van der Waals surface area contributed by atoms with E-state index in [4.69, 9.17) is 0 Å². The molecule has 0 bridgehead atoms. The second-order valence-corrected chi connectivity index (χ2v) is 4.71. The highest BCUT2D eigenvalue weighted by Gasteiger charge is 2.24. The average Bonchev–Trinajstić information content (AvgIpc) is 2.56. The smallest absolute Gasteiger partial charge is 0.191 e. The van der Waals surface area contributed by atoms with Gasteiger partial charge >= 0.3 is 0 Å². The lowest BCUT2D eigenvalue weighted by molar-refractivity contribution is -0.119. The van der Waals surface area contributed by atoms with Gasteiger partial charge in [-0.1, -0.05) is 18.2 Å². The highest BCUT2D eigenvalue weighted by atomic mass is 32.2. The molecule has 1 aromatic heterocycles. The topological polar surface area (TPSA) is 47.8 Å². The fourth-order valence-electron chi connectivity index (χ4n) is 1.58. The van der Waals surface area contributed by atoms with Crippen molar-refractivity contribution in [3.63, 3.8) is 0 Å². The molecule has 0 N–H and O–H groups in total. The number of thioether (sulfide) groups is 1. The maximum atomic E-state index is 11.6. The van der Waals surface area contributed by atoms with E-state index >= 15 is 0 Å². The molecule has 1 saturated carbocycles. The van der Waals surface area contributed by atoms with Crippen molar-refractivity contribution in [3.8, 4) is 0 Å². The van der Waals surface area contributed by atoms with Crippen molar-refractivity contribution in [2.75, 3.05) is 0 Å². The number of carbonyl (C=O) groups excluding carboxylic acids is 1. The summed E-state index contributed by atoms with van der Waals surface area (Å²) in [7, 11) is 1.90. The first-order valence-corrected chi connectivity index (χ1v) is 5.68. The first kappa shape index (κ1) is 9.71. The van der Waals surface area contributed by atoms with E-state index in [0.29, 0.717) is 5.78 Å². The highest BCUT2D eigenvalue weighted by Crippen LogP contribution is 2.29. The molecule has 1 heterocycles. The van der Waals surface area contributed by atoms with Crippen molar-refractivity contribution in [2.24, 2.45) is 7.05 Å². The maximum Gasteiger partial charge on any atom is 0.191 e. The van der Waals surface area contributed by atoms with Gasteiger partial charge in [0.1, 0.15) is 12.1 Å². The van der Waals surface area contributed by atoms with Gasteiger partial charge in [-0.25, -0.2) is 0 Å². The van der Waals surface area contributed by atoms with E-state index in [0.717, 1.165) is 30.8 Å². The number of hydrogen-bond donors (Lipinski definition) is 0. The lowest BCUT2D eigenvalue weighted by Crippen LogP contribution is -2.21. The van der Waals surface area contributed by atoms with E-state index in [-0.39, 0.29) is 5.25 Å². The zero-order valence-corrected chi connectivity index (χ0v) is 8.96. The molecule has 1 aliphatic rings. The Hall–Kier alpha value is -0.840. The SMILES string of the molecule is Cn1cnnc1S[C@H]1CCCCC1=O. The number of aromatic nitrogens is 3. The van der Waals surface area contributed by atoms with E-state index in [1.54, 1.807) is 18.1 Å². The zero-order valence-electron chi connectivity index (χ0n) is 8.14. The molecule has 14 heavy (non-hydrogen) atoms. The Balaban J connectivity index is 2.03. The Morgan fingerprint density at radius 2 is 2.43 bits per heavy atom. The largest absolute Gasteiger partial charge is 0.312 e. The van der Waals surface area contributed by atoms with E-state index in [1.165, 1.54) is 0 Å². The zero-order chi connectivity index (χ0) is 9.97. The van der Waals surface area contributed by atoms with Crippen LogP contribution in [0.25, 0.3) is 0 Å². The van der Waals surface area contributed by atoms with Crippen LogP contribution in [0.15, 0.2) is 11.5 Å². The lowest BCUT2D eigenvalue weighted by atomic mass is 9.99. The minimum Gasteiger partial charge on any atom is -0.312 e. The maximum absolute atomic E-state index is 11.6. The van der Waals surface area contributed by atoms with Gasteiger partial charge in [0.2, 0.25) is 0 Å². The molecule has 4 nitrogen and oxygen atoms in total. The lowest BCUT2D eigenvalue weighted by Gasteiger charge is -2.18. The Morgan fingerprint density at radius 1 is 1.57 bits per heavy atom. The van der Waals surface area contributed by atoms with Crippen molar-refractivity contribution < 1.29 is 4.79 Å². The van der Waals surface area contributed by atoms with Gasteiger partial charge in [0.05, 0.1) is 5.25 Å². The fraction of sp³-hybridized carbons (Fsp3) is 0.667. The molecule has 1 aliphatic carbocycles. The van der Waals surface area contributed by atoms with Crippen LogP contribution in [0.3, 0.4) is 0 Å². The van der Waals surface area contributed by atoms with Gasteiger partial charge < -0.3 is 4.57 Å². The van der Waals surface area contributed by atoms with Crippen LogP contribution in [0, 0.1) is 0 Å². The first-order valence-electron chi connectivity index (χ1n) is 4.81. The van der Waals surface area contributed by atoms with Crippen molar-refractivity contribution in [1.29, 1.82) is 0 Å². The van der Waals surface area contributed by atoms with Crippen LogP contribution >= 0.6 is 11.8 Å². The van der Waals surface area contributed by atoms with Crippen LogP contribution < -0.4 is 0 Å². The predicted octanol–water partition coefficient (Wildman–Crippen LogP) is 1.42. The standard InChI is InChI=1S/C9H13N3OS/c1-12-6-10-11-9(12)14-8-5-3-2-4-7(8)13/h6,8H,2-5H2,1H3/t8-/m0/s1. The normalized spacial score (nSPS) is 22.6. The summed E-state index contributed by atoms with van der Waals surface area (Å²) in [4.78, 5) is 11.6. The summed E-state index contributed by atoms with van der Waals surface area (Å²) in [5, 5.41) is 8.70. The number of aryl methyl sites for hydroxylation is 1. The van der Waals surface area contributed by atoms with Gasteiger partial charge in [0.15, 0.2) is 5.16 Å². The van der Waals surface area contributed by atoms with Crippen LogP contribution in [0.2, 0.25) is 0 Å². The van der Waals surface area contributed by atoms with Gasteiger partial charge in [0.25, 0.3) is 0 Å². The van der Waals surface area contributed by atoms with Crippen LogP contribution in [-0.4, -0.2) is 25.8 Å². The number of carbonyl (C=O) groups is 1. The van der Waals surface area contributed by atoms with Gasteiger partial charge in [-0.2, -0.15) is 0 Å². The quantitative estimate of drug-likeness (QED) is 0.742. The third-order valence-corrected chi connectivity index (χ3v) is 3.78. The van der Waals surface area contributed by atoms with Gasteiger partial charge in [-0.05, 0) is 12.8 Å².